The summed E-state index contributed by atoms with van der Waals surface area (Å²) in [5.74, 6) is -0.226. The van der Waals surface area contributed by atoms with Crippen LogP contribution in [0.4, 0.5) is 0 Å². The Balaban J connectivity index is 2.09. The Bertz CT molecular complexity index is 518. The Hall–Kier alpha value is -1.87. The first-order valence-electron chi connectivity index (χ1n) is 6.77. The molecule has 20 heavy (non-hydrogen) atoms. The zero-order valence-electron chi connectivity index (χ0n) is 11.7. The van der Waals surface area contributed by atoms with Crippen molar-refractivity contribution >= 4 is 5.97 Å². The second kappa shape index (κ2) is 6.06. The maximum Gasteiger partial charge on any atom is 0.338 e. The van der Waals surface area contributed by atoms with Crippen molar-refractivity contribution in [1.29, 1.82) is 0 Å². The lowest BCUT2D eigenvalue weighted by atomic mass is 9.79. The molecule has 106 valence electrons. The van der Waals surface area contributed by atoms with Crippen molar-refractivity contribution in [2.75, 3.05) is 0 Å². The molecule has 0 aromatic heterocycles. The number of carbonyl (C=O) groups is 1. The van der Waals surface area contributed by atoms with Crippen LogP contribution in [0.3, 0.4) is 0 Å². The van der Waals surface area contributed by atoms with E-state index in [1.807, 2.05) is 13.0 Å². The van der Waals surface area contributed by atoms with Crippen LogP contribution >= 0.6 is 0 Å². The van der Waals surface area contributed by atoms with Crippen molar-refractivity contribution in [3.05, 3.63) is 60.2 Å². The van der Waals surface area contributed by atoms with Gasteiger partial charge < -0.3 is 9.84 Å². The van der Waals surface area contributed by atoms with Gasteiger partial charge in [-0.15, -0.1) is 0 Å². The van der Waals surface area contributed by atoms with Crippen molar-refractivity contribution in [3.63, 3.8) is 0 Å². The molecule has 1 fully saturated rings. The summed E-state index contributed by atoms with van der Waals surface area (Å²) in [6, 6.07) is 8.84. The second-order valence-corrected chi connectivity index (χ2v) is 5.37. The van der Waals surface area contributed by atoms with E-state index in [0.717, 1.165) is 5.57 Å². The number of carbonyl (C=O) groups excluding carboxylic acids is 1. The van der Waals surface area contributed by atoms with E-state index in [2.05, 4.69) is 13.2 Å². The van der Waals surface area contributed by atoms with Gasteiger partial charge in [0.25, 0.3) is 0 Å². The van der Waals surface area contributed by atoms with E-state index in [1.165, 1.54) is 0 Å². The van der Waals surface area contributed by atoms with Gasteiger partial charge in [0, 0.05) is 0 Å². The van der Waals surface area contributed by atoms with Crippen molar-refractivity contribution in [2.24, 2.45) is 5.92 Å². The van der Waals surface area contributed by atoms with Crippen molar-refractivity contribution < 1.29 is 14.6 Å². The minimum Gasteiger partial charge on any atom is -0.454 e. The molecule has 1 aromatic carbocycles. The molecule has 0 radical (unpaired) electrons. The van der Waals surface area contributed by atoms with Gasteiger partial charge in [-0.05, 0) is 43.4 Å². The van der Waals surface area contributed by atoms with Gasteiger partial charge in [0.1, 0.15) is 6.10 Å². The minimum atomic E-state index is -0.640. The number of rotatable bonds is 3. The molecule has 1 aromatic rings. The van der Waals surface area contributed by atoms with Crippen LogP contribution in [-0.2, 0) is 4.74 Å². The summed E-state index contributed by atoms with van der Waals surface area (Å²) >= 11 is 0. The molecule has 0 saturated heterocycles. The van der Waals surface area contributed by atoms with E-state index in [4.69, 9.17) is 4.74 Å². The lowest BCUT2D eigenvalue weighted by Gasteiger charge is -2.34. The Morgan fingerprint density at radius 2 is 1.95 bits per heavy atom. The van der Waals surface area contributed by atoms with Crippen molar-refractivity contribution in [1.82, 2.24) is 0 Å². The third-order valence-electron chi connectivity index (χ3n) is 3.80. The average Bonchev–Trinajstić information content (AvgIpc) is 2.44. The monoisotopic (exact) mass is 272 g/mol. The maximum absolute atomic E-state index is 12.1. The van der Waals surface area contributed by atoms with Gasteiger partial charge in [0.05, 0.1) is 11.7 Å². The van der Waals surface area contributed by atoms with Crippen LogP contribution in [0.1, 0.15) is 30.1 Å². The summed E-state index contributed by atoms with van der Waals surface area (Å²) in [5, 5.41) is 10.0. The first-order valence-corrected chi connectivity index (χ1v) is 6.77. The van der Waals surface area contributed by atoms with Crippen LogP contribution in [0.5, 0.6) is 0 Å². The summed E-state index contributed by atoms with van der Waals surface area (Å²) in [6.07, 6.45) is 0.157. The number of allylic oxidation sites excluding steroid dienone is 1. The third kappa shape index (κ3) is 3.17. The molecule has 3 nitrogen and oxygen atoms in total. The van der Waals surface area contributed by atoms with Crippen molar-refractivity contribution in [3.8, 4) is 0 Å². The number of aliphatic hydroxyl groups is 1. The Morgan fingerprint density at radius 3 is 2.55 bits per heavy atom. The number of hydrogen-bond donors (Lipinski definition) is 1. The molecule has 2 rings (SSSR count). The topological polar surface area (TPSA) is 46.5 Å². The molecule has 1 aliphatic rings. The number of benzene rings is 1. The minimum absolute atomic E-state index is 0.157. The first-order chi connectivity index (χ1) is 9.49. The van der Waals surface area contributed by atoms with Gasteiger partial charge in [0.15, 0.2) is 0 Å². The smallest absolute Gasteiger partial charge is 0.338 e. The van der Waals surface area contributed by atoms with E-state index in [-0.39, 0.29) is 11.9 Å². The van der Waals surface area contributed by atoms with E-state index in [1.54, 1.807) is 24.3 Å². The van der Waals surface area contributed by atoms with E-state index >= 15 is 0 Å². The highest BCUT2D eigenvalue weighted by molar-refractivity contribution is 5.89. The fourth-order valence-corrected chi connectivity index (χ4v) is 2.44. The van der Waals surface area contributed by atoms with Crippen LogP contribution in [0.2, 0.25) is 0 Å². The number of esters is 1. The maximum atomic E-state index is 12.1. The molecular weight excluding hydrogens is 252 g/mol. The summed E-state index contributed by atoms with van der Waals surface area (Å²) in [4.78, 5) is 12.1. The highest BCUT2D eigenvalue weighted by Gasteiger charge is 2.33. The molecule has 1 N–H and O–H groups in total. The molecule has 0 aliphatic heterocycles. The number of ether oxygens (including phenoxy) is 1. The molecule has 0 bridgehead atoms. The first kappa shape index (κ1) is 14.5. The highest BCUT2D eigenvalue weighted by Crippen LogP contribution is 2.34. The van der Waals surface area contributed by atoms with Crippen LogP contribution in [0, 0.1) is 5.92 Å². The Labute approximate surface area is 119 Å². The fraction of sp³-hybridized carbons (Fsp3) is 0.353. The quantitative estimate of drug-likeness (QED) is 0.679. The van der Waals surface area contributed by atoms with E-state index in [9.17, 15) is 9.90 Å². The fourth-order valence-electron chi connectivity index (χ4n) is 2.44. The SMILES string of the molecule is C=C(C)[C@@H]1C[C@H](O)C(=C)[C@H](OC(=O)c2ccccc2)C1. The average molecular weight is 272 g/mol. The molecule has 1 aliphatic carbocycles. The molecule has 0 heterocycles. The zero-order chi connectivity index (χ0) is 14.7. The molecule has 1 saturated carbocycles. The summed E-state index contributed by atoms with van der Waals surface area (Å²) in [5.41, 5.74) is 2.08. The second-order valence-electron chi connectivity index (χ2n) is 5.37. The number of hydrogen-bond acceptors (Lipinski definition) is 3. The van der Waals surface area contributed by atoms with Gasteiger partial charge in [-0.1, -0.05) is 36.9 Å². The lowest BCUT2D eigenvalue weighted by molar-refractivity contribution is 0.0172. The molecule has 3 heteroatoms. The predicted molar refractivity (Wildman–Crippen MR) is 78.3 cm³/mol. The largest absolute Gasteiger partial charge is 0.454 e. The van der Waals surface area contributed by atoms with Gasteiger partial charge >= 0.3 is 5.97 Å². The molecule has 3 atom stereocenters. The lowest BCUT2D eigenvalue weighted by Crippen LogP contribution is -2.35. The normalized spacial score (nSPS) is 26.1. The number of aliphatic hydroxyl groups excluding tert-OH is 1. The van der Waals surface area contributed by atoms with Crippen LogP contribution in [0.25, 0.3) is 0 Å². The Morgan fingerprint density at radius 1 is 1.30 bits per heavy atom. The standard InChI is InChI=1S/C17H20O3/c1-11(2)14-9-15(18)12(3)16(10-14)20-17(19)13-7-5-4-6-8-13/h4-8,14-16,18H,1,3,9-10H2,2H3/t14-,15+,16-/m1/s1. The van der Waals surface area contributed by atoms with Gasteiger partial charge in [-0.2, -0.15) is 0 Å². The van der Waals surface area contributed by atoms with Crippen LogP contribution < -0.4 is 0 Å². The van der Waals surface area contributed by atoms with Crippen LogP contribution in [-0.4, -0.2) is 23.3 Å². The zero-order valence-corrected chi connectivity index (χ0v) is 11.7. The molecule has 0 unspecified atom stereocenters. The van der Waals surface area contributed by atoms with Crippen molar-refractivity contribution in [2.45, 2.75) is 32.0 Å². The highest BCUT2D eigenvalue weighted by atomic mass is 16.5. The van der Waals surface area contributed by atoms with Gasteiger partial charge in [0.2, 0.25) is 0 Å². The summed E-state index contributed by atoms with van der Waals surface area (Å²) < 4.78 is 5.50. The third-order valence-corrected chi connectivity index (χ3v) is 3.80. The Kier molecular flexibility index (Phi) is 4.40. The predicted octanol–water partition coefficient (Wildman–Crippen LogP) is 3.12. The van der Waals surface area contributed by atoms with Gasteiger partial charge in [-0.3, -0.25) is 0 Å². The van der Waals surface area contributed by atoms with Crippen LogP contribution in [0.15, 0.2) is 54.6 Å². The molecule has 0 spiro atoms. The van der Waals surface area contributed by atoms with Gasteiger partial charge in [-0.25, -0.2) is 4.79 Å². The summed E-state index contributed by atoms with van der Waals surface area (Å²) in [6.45, 7) is 9.72. The summed E-state index contributed by atoms with van der Waals surface area (Å²) in [7, 11) is 0. The molecule has 0 amide bonds. The van der Waals surface area contributed by atoms with E-state index in [0.29, 0.717) is 24.0 Å². The molecular formula is C17H20O3. The van der Waals surface area contributed by atoms with E-state index < -0.39 is 12.2 Å².